The van der Waals surface area contributed by atoms with Crippen molar-refractivity contribution in [2.75, 3.05) is 13.7 Å². The van der Waals surface area contributed by atoms with Gasteiger partial charge in [-0.15, -0.1) is 5.10 Å². The monoisotopic (exact) mass is 360 g/mol. The number of carbonyl (C=O) groups excluding carboxylic acids is 1. The summed E-state index contributed by atoms with van der Waals surface area (Å²) in [4.78, 5) is 27.8. The zero-order valence-corrected chi connectivity index (χ0v) is 14.9. The largest absolute Gasteiger partial charge is 0.385 e. The highest BCUT2D eigenvalue weighted by molar-refractivity contribution is 8.00. The molecule has 25 heavy (non-hydrogen) atoms. The molecule has 0 spiro atoms. The highest BCUT2D eigenvalue weighted by Crippen LogP contribution is 2.26. The van der Waals surface area contributed by atoms with Crippen molar-refractivity contribution in [3.63, 3.8) is 0 Å². The van der Waals surface area contributed by atoms with Gasteiger partial charge in [0.15, 0.2) is 10.9 Å². The Bertz CT molecular complexity index is 927. The summed E-state index contributed by atoms with van der Waals surface area (Å²) in [6.45, 7) is 2.89. The number of benzene rings is 1. The number of aromatic amines is 2. The van der Waals surface area contributed by atoms with E-state index in [1.165, 1.54) is 11.8 Å². The molecule has 0 aliphatic rings. The number of H-pyrrole nitrogens is 2. The van der Waals surface area contributed by atoms with Crippen molar-refractivity contribution < 1.29 is 9.53 Å². The van der Waals surface area contributed by atoms with Crippen LogP contribution in [-0.2, 0) is 11.3 Å². The number of rotatable bonds is 8. The molecule has 0 fully saturated rings. The molecule has 132 valence electrons. The predicted molar refractivity (Wildman–Crippen MR) is 97.3 cm³/mol. The number of hydrogen-bond acceptors (Lipinski definition) is 5. The summed E-state index contributed by atoms with van der Waals surface area (Å²) in [5.74, 6) is 0.00124. The molecule has 1 aromatic carbocycles. The van der Waals surface area contributed by atoms with E-state index in [0.717, 1.165) is 10.9 Å². The molecule has 3 aromatic rings. The van der Waals surface area contributed by atoms with Crippen LogP contribution in [-0.4, -0.2) is 44.5 Å². The Morgan fingerprint density at radius 3 is 3.00 bits per heavy atom. The normalized spacial score (nSPS) is 12.6. The lowest BCUT2D eigenvalue weighted by Gasteiger charge is -2.10. The van der Waals surface area contributed by atoms with Gasteiger partial charge < -0.3 is 9.72 Å². The first-order valence-electron chi connectivity index (χ1n) is 8.03. The summed E-state index contributed by atoms with van der Waals surface area (Å²) in [6, 6.07) is 7.69. The molecule has 0 saturated carbocycles. The minimum Gasteiger partial charge on any atom is -0.385 e. The number of hydrogen-bond donors (Lipinski definition) is 2. The maximum Gasteiger partial charge on any atom is 0.343 e. The highest BCUT2D eigenvalue weighted by Gasteiger charge is 2.22. The number of aromatic nitrogens is 4. The van der Waals surface area contributed by atoms with Gasteiger partial charge in [-0.25, -0.2) is 9.89 Å². The summed E-state index contributed by atoms with van der Waals surface area (Å²) >= 11 is 1.28. The second-order valence-electron chi connectivity index (χ2n) is 5.68. The molecule has 0 aliphatic carbocycles. The van der Waals surface area contributed by atoms with E-state index in [1.54, 1.807) is 17.9 Å². The van der Waals surface area contributed by atoms with E-state index in [-0.39, 0.29) is 16.7 Å². The number of nitrogens with one attached hydrogen (secondary N) is 2. The van der Waals surface area contributed by atoms with Gasteiger partial charge in [0.25, 0.3) is 0 Å². The first-order valence-corrected chi connectivity index (χ1v) is 8.91. The van der Waals surface area contributed by atoms with E-state index in [0.29, 0.717) is 30.3 Å². The number of ether oxygens (including phenoxy) is 1. The molecule has 8 heteroatoms. The number of nitrogens with zero attached hydrogens (tertiary/aromatic N) is 2. The Morgan fingerprint density at radius 1 is 1.40 bits per heavy atom. The second-order valence-corrected chi connectivity index (χ2v) is 6.99. The molecule has 0 saturated heterocycles. The van der Waals surface area contributed by atoms with Gasteiger partial charge in [-0.1, -0.05) is 30.0 Å². The lowest BCUT2D eigenvalue weighted by atomic mass is 10.1. The smallest absolute Gasteiger partial charge is 0.343 e. The quantitative estimate of drug-likeness (QED) is 0.366. The van der Waals surface area contributed by atoms with Crippen LogP contribution in [0.15, 0.2) is 40.4 Å². The van der Waals surface area contributed by atoms with Crippen LogP contribution in [0.1, 0.15) is 23.7 Å². The molecular weight excluding hydrogens is 340 g/mol. The Kier molecular flexibility index (Phi) is 5.40. The van der Waals surface area contributed by atoms with E-state index in [1.807, 2.05) is 31.2 Å². The van der Waals surface area contributed by atoms with Crippen LogP contribution < -0.4 is 5.69 Å². The molecule has 7 nitrogen and oxygen atoms in total. The SMILES string of the molecule is COCCCn1c(SC(C)C(=O)c2c[nH]c3ccccc23)n[nH]c1=O. The van der Waals surface area contributed by atoms with Crippen molar-refractivity contribution in [2.45, 2.75) is 30.3 Å². The maximum absolute atomic E-state index is 12.8. The molecule has 2 heterocycles. The first-order chi connectivity index (χ1) is 12.1. The number of fused-ring (bicyclic) bond motifs is 1. The van der Waals surface area contributed by atoms with Crippen molar-refractivity contribution in [3.8, 4) is 0 Å². The Balaban J connectivity index is 1.77. The molecule has 1 unspecified atom stereocenters. The number of ketones is 1. The third kappa shape index (κ3) is 3.69. The van der Waals surface area contributed by atoms with Crippen LogP contribution in [0.2, 0.25) is 0 Å². The predicted octanol–water partition coefficient (Wildman–Crippen LogP) is 2.45. The Morgan fingerprint density at radius 2 is 2.20 bits per heavy atom. The van der Waals surface area contributed by atoms with E-state index >= 15 is 0 Å². The van der Waals surface area contributed by atoms with Gasteiger partial charge in [0.05, 0.1) is 5.25 Å². The van der Waals surface area contributed by atoms with Crippen LogP contribution in [0.4, 0.5) is 0 Å². The van der Waals surface area contributed by atoms with Gasteiger partial charge >= 0.3 is 5.69 Å². The summed E-state index contributed by atoms with van der Waals surface area (Å²) in [5, 5.41) is 7.55. The molecule has 1 atom stereocenters. The minimum atomic E-state index is -0.365. The van der Waals surface area contributed by atoms with Gasteiger partial charge in [0, 0.05) is 42.9 Å². The molecule has 0 radical (unpaired) electrons. The fraction of sp³-hybridized carbons (Fsp3) is 0.353. The summed E-state index contributed by atoms with van der Waals surface area (Å²) in [5.41, 5.74) is 1.31. The van der Waals surface area contributed by atoms with Gasteiger partial charge in [-0.2, -0.15) is 0 Å². The molecule has 2 aromatic heterocycles. The van der Waals surface area contributed by atoms with Crippen LogP contribution in [0, 0.1) is 0 Å². The number of methoxy groups -OCH3 is 1. The van der Waals surface area contributed by atoms with E-state index in [9.17, 15) is 9.59 Å². The van der Waals surface area contributed by atoms with Gasteiger partial charge in [-0.3, -0.25) is 9.36 Å². The zero-order chi connectivity index (χ0) is 17.8. The number of Topliss-reactive ketones (excluding diaryl/α,β-unsaturated/α-hetero) is 1. The van der Waals surface area contributed by atoms with Gasteiger partial charge in [0.1, 0.15) is 0 Å². The van der Waals surface area contributed by atoms with Crippen LogP contribution in [0.5, 0.6) is 0 Å². The van der Waals surface area contributed by atoms with Crippen LogP contribution >= 0.6 is 11.8 Å². The van der Waals surface area contributed by atoms with Crippen LogP contribution in [0.25, 0.3) is 10.9 Å². The van der Waals surface area contributed by atoms with Crippen LogP contribution in [0.3, 0.4) is 0 Å². The zero-order valence-electron chi connectivity index (χ0n) is 14.1. The molecular formula is C17H20N4O3S. The Hall–Kier alpha value is -2.32. The summed E-state index contributed by atoms with van der Waals surface area (Å²) in [7, 11) is 1.62. The van der Waals surface area contributed by atoms with E-state index in [2.05, 4.69) is 15.2 Å². The maximum atomic E-state index is 12.8. The molecule has 0 aliphatic heterocycles. The van der Waals surface area contributed by atoms with Crippen molar-refractivity contribution in [3.05, 3.63) is 46.5 Å². The molecule has 3 rings (SSSR count). The molecule has 0 bridgehead atoms. The number of thioether (sulfide) groups is 1. The lowest BCUT2D eigenvalue weighted by Crippen LogP contribution is -2.20. The third-order valence-corrected chi connectivity index (χ3v) is 5.05. The fourth-order valence-corrected chi connectivity index (χ4v) is 3.61. The average Bonchev–Trinajstić information content (AvgIpc) is 3.19. The number of para-hydroxylation sites is 1. The van der Waals surface area contributed by atoms with Gasteiger partial charge in [-0.05, 0) is 19.4 Å². The number of carbonyl (C=O) groups is 1. The summed E-state index contributed by atoms with van der Waals surface area (Å²) < 4.78 is 6.56. The minimum absolute atomic E-state index is 0.00124. The molecule has 2 N–H and O–H groups in total. The second kappa shape index (κ2) is 7.71. The highest BCUT2D eigenvalue weighted by atomic mass is 32.2. The van der Waals surface area contributed by atoms with Crippen molar-refractivity contribution >= 4 is 28.4 Å². The van der Waals surface area contributed by atoms with Crippen molar-refractivity contribution in [2.24, 2.45) is 0 Å². The Labute approximate surface area is 148 Å². The van der Waals surface area contributed by atoms with Gasteiger partial charge in [0.2, 0.25) is 0 Å². The molecule has 0 amide bonds. The van der Waals surface area contributed by atoms with E-state index in [4.69, 9.17) is 4.74 Å². The third-order valence-electron chi connectivity index (χ3n) is 3.96. The van der Waals surface area contributed by atoms with E-state index < -0.39 is 0 Å². The average molecular weight is 360 g/mol. The van der Waals surface area contributed by atoms with Crippen molar-refractivity contribution in [1.29, 1.82) is 0 Å². The standard InChI is InChI=1S/C17H20N4O3S/c1-11(15(22)13-10-18-14-7-4-3-6-12(13)14)25-17-20-19-16(23)21(17)8-5-9-24-2/h3-4,6-7,10-11,18H,5,8-9H2,1-2H3,(H,19,23). The summed E-state index contributed by atoms with van der Waals surface area (Å²) in [6.07, 6.45) is 2.44. The fourth-order valence-electron chi connectivity index (χ4n) is 2.66. The topological polar surface area (TPSA) is 92.8 Å². The van der Waals surface area contributed by atoms with Crippen molar-refractivity contribution in [1.82, 2.24) is 19.7 Å². The first kappa shape index (κ1) is 17.5. The lowest BCUT2D eigenvalue weighted by molar-refractivity contribution is 0.0995.